The maximum absolute atomic E-state index is 5.92. The summed E-state index contributed by atoms with van der Waals surface area (Å²) in [6.07, 6.45) is 2.47. The van der Waals surface area contributed by atoms with Crippen molar-refractivity contribution in [2.24, 2.45) is 11.7 Å². The van der Waals surface area contributed by atoms with Gasteiger partial charge in [0.25, 0.3) is 0 Å². The van der Waals surface area contributed by atoms with Gasteiger partial charge in [-0.15, -0.1) is 0 Å². The highest BCUT2D eigenvalue weighted by Gasteiger charge is 2.38. The van der Waals surface area contributed by atoms with Gasteiger partial charge in [0.1, 0.15) is 0 Å². The Labute approximate surface area is 112 Å². The van der Waals surface area contributed by atoms with Crippen molar-refractivity contribution in [3.8, 4) is 0 Å². The van der Waals surface area contributed by atoms with Crippen LogP contribution in [0.4, 0.5) is 5.69 Å². The molecule has 0 aliphatic carbocycles. The molecule has 1 aromatic rings. The summed E-state index contributed by atoms with van der Waals surface area (Å²) in [6.45, 7) is 6.51. The van der Waals surface area contributed by atoms with Crippen LogP contribution in [0.5, 0.6) is 0 Å². The average Bonchev–Trinajstić information content (AvgIpc) is 2.30. The van der Waals surface area contributed by atoms with E-state index in [9.17, 15) is 0 Å². The summed E-state index contributed by atoms with van der Waals surface area (Å²) in [5.74, 6) is 0.573. The summed E-state index contributed by atoms with van der Waals surface area (Å²) in [6, 6.07) is 8.45. The first-order valence-electron chi connectivity index (χ1n) is 6.29. The van der Waals surface area contributed by atoms with Crippen molar-refractivity contribution >= 4 is 21.6 Å². The minimum atomic E-state index is 0.136. The van der Waals surface area contributed by atoms with E-state index in [-0.39, 0.29) is 5.54 Å². The molecule has 1 aromatic carbocycles. The molecule has 1 fully saturated rings. The van der Waals surface area contributed by atoms with Gasteiger partial charge in [0.2, 0.25) is 0 Å². The Bertz CT molecular complexity index is 390. The highest BCUT2D eigenvalue weighted by atomic mass is 79.9. The van der Waals surface area contributed by atoms with Gasteiger partial charge in [-0.25, -0.2) is 0 Å². The van der Waals surface area contributed by atoms with Gasteiger partial charge in [-0.05, 0) is 67.2 Å². The normalized spacial score (nSPS) is 23.8. The van der Waals surface area contributed by atoms with E-state index in [1.807, 2.05) is 0 Å². The molecule has 1 saturated heterocycles. The molecule has 2 N–H and O–H groups in total. The van der Waals surface area contributed by atoms with E-state index in [2.05, 4.69) is 58.9 Å². The van der Waals surface area contributed by atoms with Crippen LogP contribution in [0, 0.1) is 5.92 Å². The van der Waals surface area contributed by atoms with E-state index in [4.69, 9.17) is 5.73 Å². The quantitative estimate of drug-likeness (QED) is 0.906. The van der Waals surface area contributed by atoms with E-state index < -0.39 is 0 Å². The molecule has 0 amide bonds. The second kappa shape index (κ2) is 4.99. The number of piperidine rings is 1. The number of anilines is 1. The summed E-state index contributed by atoms with van der Waals surface area (Å²) in [7, 11) is 0. The van der Waals surface area contributed by atoms with Gasteiger partial charge in [-0.3, -0.25) is 0 Å². The fourth-order valence-electron chi connectivity index (χ4n) is 2.87. The summed E-state index contributed by atoms with van der Waals surface area (Å²) in [5, 5.41) is 0. The maximum atomic E-state index is 5.92. The van der Waals surface area contributed by atoms with Crippen LogP contribution in [0.3, 0.4) is 0 Å². The third-order valence-electron chi connectivity index (χ3n) is 4.06. The lowest BCUT2D eigenvalue weighted by atomic mass is 9.79. The second-order valence-corrected chi connectivity index (χ2v) is 6.19. The van der Waals surface area contributed by atoms with Crippen molar-refractivity contribution in [1.29, 1.82) is 0 Å². The molecule has 2 rings (SSSR count). The van der Waals surface area contributed by atoms with Crippen LogP contribution in [0.25, 0.3) is 0 Å². The monoisotopic (exact) mass is 296 g/mol. The van der Waals surface area contributed by atoms with Crippen molar-refractivity contribution in [3.05, 3.63) is 28.7 Å². The second-order valence-electron chi connectivity index (χ2n) is 5.33. The molecule has 1 unspecified atom stereocenters. The molecular formula is C14H21BrN2. The number of para-hydroxylation sites is 1. The molecule has 1 aliphatic heterocycles. The molecule has 0 radical (unpaired) electrons. The molecule has 0 bridgehead atoms. The smallest absolute Gasteiger partial charge is 0.0515 e. The topological polar surface area (TPSA) is 29.3 Å². The number of hydrogen-bond donors (Lipinski definition) is 1. The third-order valence-corrected chi connectivity index (χ3v) is 4.73. The fourth-order valence-corrected chi connectivity index (χ4v) is 3.36. The average molecular weight is 297 g/mol. The zero-order valence-electron chi connectivity index (χ0n) is 10.6. The Morgan fingerprint density at radius 2 is 2.12 bits per heavy atom. The highest BCUT2D eigenvalue weighted by molar-refractivity contribution is 9.10. The number of benzene rings is 1. The van der Waals surface area contributed by atoms with Gasteiger partial charge in [-0.2, -0.15) is 0 Å². The van der Waals surface area contributed by atoms with E-state index in [0.717, 1.165) is 13.1 Å². The summed E-state index contributed by atoms with van der Waals surface area (Å²) < 4.78 is 1.17. The lowest BCUT2D eigenvalue weighted by Gasteiger charge is -2.49. The highest BCUT2D eigenvalue weighted by Crippen LogP contribution is 2.39. The Balaban J connectivity index is 2.34. The zero-order valence-corrected chi connectivity index (χ0v) is 12.2. The van der Waals surface area contributed by atoms with E-state index in [1.54, 1.807) is 0 Å². The van der Waals surface area contributed by atoms with Crippen molar-refractivity contribution in [2.45, 2.75) is 32.2 Å². The molecule has 0 spiro atoms. The molecule has 2 nitrogen and oxygen atoms in total. The van der Waals surface area contributed by atoms with Crippen molar-refractivity contribution in [1.82, 2.24) is 0 Å². The van der Waals surface area contributed by atoms with Crippen LogP contribution < -0.4 is 10.6 Å². The summed E-state index contributed by atoms with van der Waals surface area (Å²) >= 11 is 3.65. The predicted molar refractivity (Wildman–Crippen MR) is 77.3 cm³/mol. The van der Waals surface area contributed by atoms with Gasteiger partial charge >= 0.3 is 0 Å². The van der Waals surface area contributed by atoms with Crippen molar-refractivity contribution < 1.29 is 0 Å². The van der Waals surface area contributed by atoms with Crippen LogP contribution in [0.15, 0.2) is 28.7 Å². The third kappa shape index (κ3) is 2.36. The molecule has 1 atom stereocenters. The lowest BCUT2D eigenvalue weighted by Crippen LogP contribution is -2.55. The Morgan fingerprint density at radius 1 is 1.41 bits per heavy atom. The summed E-state index contributed by atoms with van der Waals surface area (Å²) in [4.78, 5) is 2.50. The number of nitrogens with zero attached hydrogens (tertiary/aromatic N) is 1. The molecule has 1 aliphatic rings. The van der Waals surface area contributed by atoms with Gasteiger partial charge in [0, 0.05) is 16.6 Å². The lowest BCUT2D eigenvalue weighted by molar-refractivity contribution is 0.244. The number of nitrogens with two attached hydrogens (primary N) is 1. The Morgan fingerprint density at radius 3 is 2.76 bits per heavy atom. The first-order chi connectivity index (χ1) is 8.07. The summed E-state index contributed by atoms with van der Waals surface area (Å²) in [5.41, 5.74) is 7.34. The van der Waals surface area contributed by atoms with Gasteiger partial charge in [-0.1, -0.05) is 12.1 Å². The van der Waals surface area contributed by atoms with Crippen LogP contribution in [-0.2, 0) is 0 Å². The van der Waals surface area contributed by atoms with Gasteiger partial charge in [0.05, 0.1) is 5.69 Å². The fraction of sp³-hybridized carbons (Fsp3) is 0.571. The minimum Gasteiger partial charge on any atom is -0.365 e. The van der Waals surface area contributed by atoms with Gasteiger partial charge < -0.3 is 10.6 Å². The van der Waals surface area contributed by atoms with E-state index in [1.165, 1.54) is 23.0 Å². The van der Waals surface area contributed by atoms with Crippen LogP contribution in [-0.4, -0.2) is 18.6 Å². The Hall–Kier alpha value is -0.540. The molecule has 0 saturated carbocycles. The largest absolute Gasteiger partial charge is 0.365 e. The predicted octanol–water partition coefficient (Wildman–Crippen LogP) is 3.40. The van der Waals surface area contributed by atoms with Crippen LogP contribution in [0.1, 0.15) is 26.7 Å². The molecular weight excluding hydrogens is 276 g/mol. The molecule has 17 heavy (non-hydrogen) atoms. The zero-order chi connectivity index (χ0) is 12.5. The maximum Gasteiger partial charge on any atom is 0.0515 e. The van der Waals surface area contributed by atoms with Crippen molar-refractivity contribution in [2.75, 3.05) is 18.0 Å². The minimum absolute atomic E-state index is 0.136. The van der Waals surface area contributed by atoms with Crippen LogP contribution in [0.2, 0.25) is 0 Å². The molecule has 94 valence electrons. The number of rotatable bonds is 2. The van der Waals surface area contributed by atoms with Crippen LogP contribution >= 0.6 is 15.9 Å². The van der Waals surface area contributed by atoms with E-state index in [0.29, 0.717) is 5.92 Å². The molecule has 0 aromatic heterocycles. The number of halogens is 1. The molecule has 3 heteroatoms. The SMILES string of the molecule is CC1(C)C(CN)CCCN1c1ccccc1Br. The van der Waals surface area contributed by atoms with Crippen molar-refractivity contribution in [3.63, 3.8) is 0 Å². The molecule has 1 heterocycles. The van der Waals surface area contributed by atoms with Gasteiger partial charge in [0.15, 0.2) is 0 Å². The number of hydrogen-bond acceptors (Lipinski definition) is 2. The standard InChI is InChI=1S/C14H21BrN2/c1-14(2)11(10-16)6-5-9-17(14)13-8-4-3-7-12(13)15/h3-4,7-8,11H,5-6,9-10,16H2,1-2H3. The van der Waals surface area contributed by atoms with E-state index >= 15 is 0 Å². The first-order valence-corrected chi connectivity index (χ1v) is 7.09. The Kier molecular flexibility index (Phi) is 3.79. The first kappa shape index (κ1) is 12.9.